The zero-order valence-electron chi connectivity index (χ0n) is 10.0. The van der Waals surface area contributed by atoms with Gasteiger partial charge in [0.05, 0.1) is 11.9 Å². The van der Waals surface area contributed by atoms with Crippen LogP contribution in [0, 0.1) is 6.92 Å². The predicted molar refractivity (Wildman–Crippen MR) is 71.7 cm³/mol. The van der Waals surface area contributed by atoms with E-state index in [9.17, 15) is 15.0 Å². The molecule has 1 amide bonds. The molecule has 2 rings (SSSR count). The lowest BCUT2D eigenvalue weighted by atomic mass is 10.2. The number of pyridine rings is 1. The SMILES string of the molecule is Cc1cc(NC(=O)c2cc(O)cc(O)c2)cnc1Cl. The zero-order valence-corrected chi connectivity index (χ0v) is 10.8. The summed E-state index contributed by atoms with van der Waals surface area (Å²) in [6.07, 6.45) is 1.43. The second-order valence-corrected chi connectivity index (χ2v) is 4.38. The van der Waals surface area contributed by atoms with Gasteiger partial charge in [0.25, 0.3) is 5.91 Å². The normalized spacial score (nSPS) is 10.2. The number of carbonyl (C=O) groups excluding carboxylic acids is 1. The van der Waals surface area contributed by atoms with E-state index in [-0.39, 0.29) is 17.1 Å². The molecule has 0 saturated carbocycles. The van der Waals surface area contributed by atoms with Crippen LogP contribution in [-0.4, -0.2) is 21.1 Å². The van der Waals surface area contributed by atoms with Gasteiger partial charge in [0.1, 0.15) is 16.7 Å². The molecular weight excluding hydrogens is 268 g/mol. The summed E-state index contributed by atoms with van der Waals surface area (Å²) in [5, 5.41) is 21.6. The van der Waals surface area contributed by atoms with Crippen molar-refractivity contribution < 1.29 is 15.0 Å². The van der Waals surface area contributed by atoms with Crippen molar-refractivity contribution in [1.82, 2.24) is 4.98 Å². The second-order valence-electron chi connectivity index (χ2n) is 4.02. The first-order valence-electron chi connectivity index (χ1n) is 5.42. The molecule has 0 aliphatic carbocycles. The smallest absolute Gasteiger partial charge is 0.255 e. The van der Waals surface area contributed by atoms with Gasteiger partial charge in [-0.2, -0.15) is 0 Å². The van der Waals surface area contributed by atoms with Crippen molar-refractivity contribution in [3.05, 3.63) is 46.7 Å². The van der Waals surface area contributed by atoms with E-state index in [4.69, 9.17) is 11.6 Å². The Morgan fingerprint density at radius 3 is 2.42 bits per heavy atom. The molecular formula is C13H11ClN2O3. The molecule has 0 spiro atoms. The number of phenolic OH excluding ortho intramolecular Hbond substituents is 2. The molecule has 98 valence electrons. The van der Waals surface area contributed by atoms with Crippen LogP contribution in [0.15, 0.2) is 30.5 Å². The number of phenols is 2. The van der Waals surface area contributed by atoms with Crippen LogP contribution in [0.25, 0.3) is 0 Å². The lowest BCUT2D eigenvalue weighted by molar-refractivity contribution is 0.102. The maximum absolute atomic E-state index is 11.9. The molecule has 1 aromatic carbocycles. The number of nitrogens with one attached hydrogen (secondary N) is 1. The van der Waals surface area contributed by atoms with Crippen molar-refractivity contribution in [3.8, 4) is 11.5 Å². The second kappa shape index (κ2) is 5.16. The van der Waals surface area contributed by atoms with Crippen LogP contribution >= 0.6 is 11.6 Å². The van der Waals surface area contributed by atoms with Crippen LogP contribution < -0.4 is 5.32 Å². The molecule has 5 nitrogen and oxygen atoms in total. The van der Waals surface area contributed by atoms with E-state index in [0.717, 1.165) is 11.6 Å². The molecule has 2 aromatic rings. The van der Waals surface area contributed by atoms with Gasteiger partial charge < -0.3 is 15.5 Å². The fraction of sp³-hybridized carbons (Fsp3) is 0.0769. The minimum atomic E-state index is -0.463. The number of aromatic hydroxyl groups is 2. The van der Waals surface area contributed by atoms with Gasteiger partial charge in [-0.25, -0.2) is 4.98 Å². The molecule has 6 heteroatoms. The number of hydrogen-bond donors (Lipinski definition) is 3. The summed E-state index contributed by atoms with van der Waals surface area (Å²) in [4.78, 5) is 15.8. The van der Waals surface area contributed by atoms with Gasteiger partial charge in [-0.1, -0.05) is 11.6 Å². The quantitative estimate of drug-likeness (QED) is 0.738. The van der Waals surface area contributed by atoms with Gasteiger partial charge in [0.2, 0.25) is 0 Å². The summed E-state index contributed by atoms with van der Waals surface area (Å²) < 4.78 is 0. The number of hydrogen-bond acceptors (Lipinski definition) is 4. The first kappa shape index (κ1) is 13.2. The summed E-state index contributed by atoms with van der Waals surface area (Å²) >= 11 is 5.79. The van der Waals surface area contributed by atoms with Gasteiger partial charge >= 0.3 is 0 Å². The molecule has 0 aliphatic heterocycles. The van der Waals surface area contributed by atoms with Gasteiger partial charge in [-0.3, -0.25) is 4.79 Å². The highest BCUT2D eigenvalue weighted by molar-refractivity contribution is 6.30. The maximum atomic E-state index is 11.9. The lowest BCUT2D eigenvalue weighted by Crippen LogP contribution is -2.12. The number of halogens is 1. The summed E-state index contributed by atoms with van der Waals surface area (Å²) in [6.45, 7) is 1.77. The number of aromatic nitrogens is 1. The van der Waals surface area contributed by atoms with Crippen LogP contribution in [0.1, 0.15) is 15.9 Å². The van der Waals surface area contributed by atoms with E-state index < -0.39 is 5.91 Å². The Balaban J connectivity index is 2.22. The Morgan fingerprint density at radius 2 is 1.84 bits per heavy atom. The fourth-order valence-corrected chi connectivity index (χ4v) is 1.66. The Hall–Kier alpha value is -2.27. The van der Waals surface area contributed by atoms with E-state index >= 15 is 0 Å². The number of carbonyl (C=O) groups is 1. The molecule has 0 saturated heterocycles. The van der Waals surface area contributed by atoms with E-state index in [1.807, 2.05) is 0 Å². The number of nitrogens with zero attached hydrogens (tertiary/aromatic N) is 1. The highest BCUT2D eigenvalue weighted by atomic mass is 35.5. The summed E-state index contributed by atoms with van der Waals surface area (Å²) in [5.74, 6) is -0.833. The molecule has 1 heterocycles. The van der Waals surface area contributed by atoms with Crippen molar-refractivity contribution in [2.75, 3.05) is 5.32 Å². The van der Waals surface area contributed by atoms with Crippen molar-refractivity contribution in [2.24, 2.45) is 0 Å². The number of aryl methyl sites for hydroxylation is 1. The first-order valence-corrected chi connectivity index (χ1v) is 5.80. The van der Waals surface area contributed by atoms with Crippen LogP contribution in [0.4, 0.5) is 5.69 Å². The molecule has 0 aliphatic rings. The Bertz CT molecular complexity index is 624. The highest BCUT2D eigenvalue weighted by Crippen LogP contribution is 2.22. The van der Waals surface area contributed by atoms with Crippen molar-refractivity contribution in [3.63, 3.8) is 0 Å². The average molecular weight is 279 g/mol. The van der Waals surface area contributed by atoms with E-state index in [0.29, 0.717) is 10.8 Å². The van der Waals surface area contributed by atoms with Crippen molar-refractivity contribution in [2.45, 2.75) is 6.92 Å². The van der Waals surface area contributed by atoms with E-state index in [2.05, 4.69) is 10.3 Å². The first-order chi connectivity index (χ1) is 8.95. The number of anilines is 1. The van der Waals surface area contributed by atoms with Gasteiger partial charge in [0, 0.05) is 11.6 Å². The zero-order chi connectivity index (χ0) is 14.0. The van der Waals surface area contributed by atoms with Crippen LogP contribution in [0.5, 0.6) is 11.5 Å². The standard InChI is InChI=1S/C13H11ClN2O3/c1-7-2-9(6-15-12(7)14)16-13(19)8-3-10(17)5-11(18)4-8/h2-6,17-18H,1H3,(H,16,19). The van der Waals surface area contributed by atoms with Crippen LogP contribution in [0.3, 0.4) is 0 Å². The van der Waals surface area contributed by atoms with E-state index in [1.54, 1.807) is 13.0 Å². The fourth-order valence-electron chi connectivity index (χ4n) is 1.56. The van der Waals surface area contributed by atoms with Crippen molar-refractivity contribution in [1.29, 1.82) is 0 Å². The third-order valence-electron chi connectivity index (χ3n) is 2.44. The van der Waals surface area contributed by atoms with Crippen LogP contribution in [-0.2, 0) is 0 Å². The third kappa shape index (κ3) is 3.14. The third-order valence-corrected chi connectivity index (χ3v) is 2.83. The Kier molecular flexibility index (Phi) is 3.57. The molecule has 19 heavy (non-hydrogen) atoms. The molecule has 0 radical (unpaired) electrons. The molecule has 0 fully saturated rings. The summed E-state index contributed by atoms with van der Waals surface area (Å²) in [7, 11) is 0. The average Bonchev–Trinajstić information content (AvgIpc) is 2.32. The highest BCUT2D eigenvalue weighted by Gasteiger charge is 2.09. The van der Waals surface area contributed by atoms with E-state index in [1.165, 1.54) is 18.3 Å². The number of amides is 1. The number of benzene rings is 1. The Morgan fingerprint density at radius 1 is 1.21 bits per heavy atom. The largest absolute Gasteiger partial charge is 0.508 e. The summed E-state index contributed by atoms with van der Waals surface area (Å²) in [5.41, 5.74) is 1.36. The monoisotopic (exact) mass is 278 g/mol. The number of rotatable bonds is 2. The lowest BCUT2D eigenvalue weighted by Gasteiger charge is -2.07. The van der Waals surface area contributed by atoms with Crippen LogP contribution in [0.2, 0.25) is 5.15 Å². The Labute approximate surface area is 114 Å². The minimum absolute atomic E-state index is 0.144. The molecule has 1 aromatic heterocycles. The predicted octanol–water partition coefficient (Wildman–Crippen LogP) is 2.71. The van der Waals surface area contributed by atoms with Crippen molar-refractivity contribution >= 4 is 23.2 Å². The topological polar surface area (TPSA) is 82.5 Å². The molecule has 3 N–H and O–H groups in total. The maximum Gasteiger partial charge on any atom is 0.255 e. The minimum Gasteiger partial charge on any atom is -0.508 e. The molecule has 0 atom stereocenters. The molecule has 0 unspecified atom stereocenters. The van der Waals surface area contributed by atoms with Gasteiger partial charge in [0.15, 0.2) is 0 Å². The molecule has 0 bridgehead atoms. The summed E-state index contributed by atoms with van der Waals surface area (Å²) in [6, 6.07) is 5.33. The van der Waals surface area contributed by atoms with Gasteiger partial charge in [-0.15, -0.1) is 0 Å². The van der Waals surface area contributed by atoms with Gasteiger partial charge in [-0.05, 0) is 30.7 Å².